The van der Waals surface area contributed by atoms with Gasteiger partial charge in [0.05, 0.1) is 6.61 Å². The Kier molecular flexibility index (Phi) is 3.83. The van der Waals surface area contributed by atoms with Crippen molar-refractivity contribution < 1.29 is 4.84 Å². The molecule has 2 unspecified atom stereocenters. The molecule has 1 rings (SSSR count). The van der Waals surface area contributed by atoms with E-state index in [1.165, 1.54) is 19.3 Å². The first-order valence-electron chi connectivity index (χ1n) is 4.45. The second-order valence-corrected chi connectivity index (χ2v) is 3.08. The lowest BCUT2D eigenvalue weighted by atomic mass is 10.1. The molecule has 0 radical (unpaired) electrons. The molecule has 0 aromatic rings. The Morgan fingerprint density at radius 3 is 3.00 bits per heavy atom. The SMILES string of the molecule is CCONC1CCCC1CN. The van der Waals surface area contributed by atoms with Gasteiger partial charge in [-0.3, -0.25) is 0 Å². The zero-order valence-electron chi connectivity index (χ0n) is 7.18. The molecule has 0 heterocycles. The van der Waals surface area contributed by atoms with Gasteiger partial charge in [-0.05, 0) is 32.2 Å². The van der Waals surface area contributed by atoms with Crippen LogP contribution in [0.25, 0.3) is 0 Å². The van der Waals surface area contributed by atoms with E-state index in [1.54, 1.807) is 0 Å². The van der Waals surface area contributed by atoms with Crippen molar-refractivity contribution in [1.82, 2.24) is 5.48 Å². The zero-order valence-corrected chi connectivity index (χ0v) is 7.18. The molecule has 0 saturated heterocycles. The predicted molar refractivity (Wildman–Crippen MR) is 44.9 cm³/mol. The number of hydroxylamine groups is 1. The highest BCUT2D eigenvalue weighted by Crippen LogP contribution is 2.24. The second kappa shape index (κ2) is 4.70. The van der Waals surface area contributed by atoms with Crippen molar-refractivity contribution in [1.29, 1.82) is 0 Å². The lowest BCUT2D eigenvalue weighted by Gasteiger charge is -2.18. The maximum absolute atomic E-state index is 5.60. The van der Waals surface area contributed by atoms with Crippen molar-refractivity contribution in [3.63, 3.8) is 0 Å². The molecule has 1 aliphatic rings. The summed E-state index contributed by atoms with van der Waals surface area (Å²) in [7, 11) is 0. The maximum Gasteiger partial charge on any atom is 0.0654 e. The molecule has 0 spiro atoms. The fourth-order valence-corrected chi connectivity index (χ4v) is 1.66. The lowest BCUT2D eigenvalue weighted by molar-refractivity contribution is 0.0158. The third-order valence-corrected chi connectivity index (χ3v) is 2.34. The van der Waals surface area contributed by atoms with Crippen molar-refractivity contribution in [3.8, 4) is 0 Å². The smallest absolute Gasteiger partial charge is 0.0654 e. The number of rotatable bonds is 4. The molecule has 1 saturated carbocycles. The van der Waals surface area contributed by atoms with E-state index >= 15 is 0 Å². The largest absolute Gasteiger partial charge is 0.330 e. The average molecular weight is 158 g/mol. The van der Waals surface area contributed by atoms with Gasteiger partial charge < -0.3 is 10.6 Å². The molecule has 66 valence electrons. The molecular weight excluding hydrogens is 140 g/mol. The number of hydrogen-bond acceptors (Lipinski definition) is 3. The van der Waals surface area contributed by atoms with Crippen LogP contribution in [0.5, 0.6) is 0 Å². The minimum Gasteiger partial charge on any atom is -0.330 e. The summed E-state index contributed by atoms with van der Waals surface area (Å²) in [5.41, 5.74) is 8.65. The van der Waals surface area contributed by atoms with Crippen molar-refractivity contribution >= 4 is 0 Å². The first-order chi connectivity index (χ1) is 5.38. The van der Waals surface area contributed by atoms with Gasteiger partial charge in [-0.2, -0.15) is 5.48 Å². The van der Waals surface area contributed by atoms with Gasteiger partial charge in [-0.1, -0.05) is 6.42 Å². The number of nitrogens with two attached hydrogens (primary N) is 1. The van der Waals surface area contributed by atoms with Crippen LogP contribution in [0.3, 0.4) is 0 Å². The van der Waals surface area contributed by atoms with E-state index < -0.39 is 0 Å². The topological polar surface area (TPSA) is 47.3 Å². The van der Waals surface area contributed by atoms with Crippen molar-refractivity contribution in [2.45, 2.75) is 32.2 Å². The van der Waals surface area contributed by atoms with Gasteiger partial charge in [0, 0.05) is 6.04 Å². The van der Waals surface area contributed by atoms with E-state index in [1.807, 2.05) is 6.92 Å². The summed E-state index contributed by atoms with van der Waals surface area (Å²) in [6, 6.07) is 0.500. The third kappa shape index (κ3) is 2.43. The predicted octanol–water partition coefficient (Wildman–Crippen LogP) is 0.655. The quantitative estimate of drug-likeness (QED) is 0.591. The molecule has 0 aliphatic heterocycles. The molecule has 0 aromatic carbocycles. The second-order valence-electron chi connectivity index (χ2n) is 3.08. The highest BCUT2D eigenvalue weighted by molar-refractivity contribution is 4.81. The van der Waals surface area contributed by atoms with Crippen molar-refractivity contribution in [2.75, 3.05) is 13.2 Å². The van der Waals surface area contributed by atoms with Gasteiger partial charge >= 0.3 is 0 Å². The van der Waals surface area contributed by atoms with Gasteiger partial charge in [0.1, 0.15) is 0 Å². The van der Waals surface area contributed by atoms with Crippen LogP contribution in [0.2, 0.25) is 0 Å². The molecule has 3 heteroatoms. The summed E-state index contributed by atoms with van der Waals surface area (Å²) in [6.45, 7) is 3.50. The Bertz CT molecular complexity index is 108. The highest BCUT2D eigenvalue weighted by atomic mass is 16.6. The van der Waals surface area contributed by atoms with Gasteiger partial charge in [0.2, 0.25) is 0 Å². The minimum atomic E-state index is 0.500. The van der Waals surface area contributed by atoms with Crippen LogP contribution < -0.4 is 11.2 Å². The van der Waals surface area contributed by atoms with Gasteiger partial charge in [-0.25, -0.2) is 0 Å². The molecule has 3 nitrogen and oxygen atoms in total. The summed E-state index contributed by atoms with van der Waals surface area (Å²) in [5.74, 6) is 0.626. The standard InChI is InChI=1S/C8H18N2O/c1-2-11-10-8-5-3-4-7(8)6-9/h7-8,10H,2-6,9H2,1H3. The van der Waals surface area contributed by atoms with E-state index in [-0.39, 0.29) is 0 Å². The van der Waals surface area contributed by atoms with Gasteiger partial charge in [-0.15, -0.1) is 0 Å². The van der Waals surface area contributed by atoms with Gasteiger partial charge in [0.25, 0.3) is 0 Å². The molecule has 0 amide bonds. The van der Waals surface area contributed by atoms with E-state index in [4.69, 9.17) is 10.6 Å². The summed E-state index contributed by atoms with van der Waals surface area (Å²) in [6.07, 6.45) is 3.75. The van der Waals surface area contributed by atoms with E-state index in [0.29, 0.717) is 12.0 Å². The van der Waals surface area contributed by atoms with Crippen LogP contribution in [-0.4, -0.2) is 19.2 Å². The zero-order chi connectivity index (χ0) is 8.10. The Balaban J connectivity index is 2.20. The van der Waals surface area contributed by atoms with E-state index in [2.05, 4.69) is 5.48 Å². The normalized spacial score (nSPS) is 31.1. The summed E-state index contributed by atoms with van der Waals surface area (Å²) in [4.78, 5) is 5.14. The first kappa shape index (κ1) is 8.97. The van der Waals surface area contributed by atoms with Crippen LogP contribution in [0, 0.1) is 5.92 Å². The average Bonchev–Trinajstić information content (AvgIpc) is 2.47. The van der Waals surface area contributed by atoms with Crippen molar-refractivity contribution in [3.05, 3.63) is 0 Å². The fourth-order valence-electron chi connectivity index (χ4n) is 1.66. The van der Waals surface area contributed by atoms with Crippen LogP contribution in [0.15, 0.2) is 0 Å². The van der Waals surface area contributed by atoms with Crippen LogP contribution in [-0.2, 0) is 4.84 Å². The Morgan fingerprint density at radius 2 is 2.36 bits per heavy atom. The lowest BCUT2D eigenvalue weighted by Crippen LogP contribution is -2.35. The molecular formula is C8H18N2O. The Hall–Kier alpha value is -0.120. The monoisotopic (exact) mass is 158 g/mol. The van der Waals surface area contributed by atoms with Crippen molar-refractivity contribution in [2.24, 2.45) is 11.7 Å². The molecule has 2 atom stereocenters. The summed E-state index contributed by atoms with van der Waals surface area (Å²) in [5, 5.41) is 0. The summed E-state index contributed by atoms with van der Waals surface area (Å²) < 4.78 is 0. The molecule has 3 N–H and O–H groups in total. The van der Waals surface area contributed by atoms with Crippen LogP contribution >= 0.6 is 0 Å². The van der Waals surface area contributed by atoms with E-state index in [0.717, 1.165) is 13.2 Å². The Labute approximate surface area is 68.2 Å². The van der Waals surface area contributed by atoms with Gasteiger partial charge in [0.15, 0.2) is 0 Å². The molecule has 0 aromatic heterocycles. The van der Waals surface area contributed by atoms with E-state index in [9.17, 15) is 0 Å². The van der Waals surface area contributed by atoms with Crippen LogP contribution in [0.1, 0.15) is 26.2 Å². The highest BCUT2D eigenvalue weighted by Gasteiger charge is 2.25. The number of nitrogens with one attached hydrogen (secondary N) is 1. The molecule has 1 aliphatic carbocycles. The van der Waals surface area contributed by atoms with Crippen LogP contribution in [0.4, 0.5) is 0 Å². The Morgan fingerprint density at radius 1 is 1.55 bits per heavy atom. The molecule has 0 bridgehead atoms. The summed E-state index contributed by atoms with van der Waals surface area (Å²) >= 11 is 0. The first-order valence-corrected chi connectivity index (χ1v) is 4.45. The maximum atomic E-state index is 5.60. The fraction of sp³-hybridized carbons (Fsp3) is 1.00. The molecule has 1 fully saturated rings. The third-order valence-electron chi connectivity index (χ3n) is 2.34. The minimum absolute atomic E-state index is 0.500. The molecule has 11 heavy (non-hydrogen) atoms. The number of hydrogen-bond donors (Lipinski definition) is 2.